The van der Waals surface area contributed by atoms with E-state index in [0.29, 0.717) is 17.9 Å². The molecule has 24 heavy (non-hydrogen) atoms. The van der Waals surface area contributed by atoms with Crippen molar-refractivity contribution in [3.05, 3.63) is 24.3 Å². The Hall–Kier alpha value is -2.09. The van der Waals surface area contributed by atoms with Crippen molar-refractivity contribution in [1.82, 2.24) is 5.32 Å². The number of nitrogens with zero attached hydrogens (tertiary/aromatic N) is 1. The van der Waals surface area contributed by atoms with Gasteiger partial charge in [-0.3, -0.25) is 9.59 Å². The molecule has 2 aliphatic rings. The predicted octanol–water partition coefficient (Wildman–Crippen LogP) is 0.494. The smallest absolute Gasteiger partial charge is 0.263 e. The van der Waals surface area contributed by atoms with Crippen molar-refractivity contribution in [2.24, 2.45) is 0 Å². The van der Waals surface area contributed by atoms with Crippen LogP contribution in [0, 0.1) is 0 Å². The first-order chi connectivity index (χ1) is 11.2. The largest absolute Gasteiger partial charge is 0.477 e. The second-order valence-corrected chi connectivity index (χ2v) is 8.78. The molecule has 0 aromatic heterocycles. The van der Waals surface area contributed by atoms with Gasteiger partial charge in [0, 0.05) is 6.92 Å². The molecule has 1 fully saturated rings. The van der Waals surface area contributed by atoms with Crippen LogP contribution < -0.4 is 15.0 Å². The lowest BCUT2D eigenvalue weighted by Gasteiger charge is -2.35. The Kier molecular flexibility index (Phi) is 4.03. The molecule has 1 N–H and O–H groups in total. The number of hydrogen-bond acceptors (Lipinski definition) is 5. The molecule has 8 heteroatoms. The summed E-state index contributed by atoms with van der Waals surface area (Å²) < 4.78 is 29.1. The molecular formula is C16H20N2O5S. The Bertz CT molecular complexity index is 791. The van der Waals surface area contributed by atoms with Gasteiger partial charge in [-0.1, -0.05) is 12.1 Å². The van der Waals surface area contributed by atoms with Gasteiger partial charge in [0.25, 0.3) is 5.91 Å². The topological polar surface area (TPSA) is 92.8 Å². The van der Waals surface area contributed by atoms with Crippen LogP contribution in [0.5, 0.6) is 5.75 Å². The Labute approximate surface area is 140 Å². The van der Waals surface area contributed by atoms with Gasteiger partial charge in [-0.25, -0.2) is 8.42 Å². The minimum Gasteiger partial charge on any atom is -0.477 e. The summed E-state index contributed by atoms with van der Waals surface area (Å²) in [4.78, 5) is 26.0. The summed E-state index contributed by atoms with van der Waals surface area (Å²) in [7, 11) is -3.12. The molecule has 1 saturated heterocycles. The van der Waals surface area contributed by atoms with Gasteiger partial charge in [0.05, 0.1) is 29.3 Å². The van der Waals surface area contributed by atoms with Crippen LogP contribution in [-0.2, 0) is 19.4 Å². The highest BCUT2D eigenvalue weighted by atomic mass is 32.2. The number of carbonyl (C=O) groups excluding carboxylic acids is 2. The third-order valence-electron chi connectivity index (χ3n) is 4.37. The summed E-state index contributed by atoms with van der Waals surface area (Å²) in [6.45, 7) is 3.25. The molecule has 0 aliphatic carbocycles. The molecule has 130 valence electrons. The second-order valence-electron chi connectivity index (χ2n) is 6.60. The van der Waals surface area contributed by atoms with Gasteiger partial charge in [-0.2, -0.15) is 0 Å². The number of nitrogens with one attached hydrogen (secondary N) is 1. The lowest BCUT2D eigenvalue weighted by molar-refractivity contribution is -0.129. The van der Waals surface area contributed by atoms with Crippen molar-refractivity contribution in [2.45, 2.75) is 31.9 Å². The van der Waals surface area contributed by atoms with E-state index in [0.717, 1.165) is 0 Å². The monoisotopic (exact) mass is 352 g/mol. The fourth-order valence-electron chi connectivity index (χ4n) is 3.16. The lowest BCUT2D eigenvalue weighted by Crippen LogP contribution is -2.56. The van der Waals surface area contributed by atoms with E-state index in [2.05, 4.69) is 5.32 Å². The van der Waals surface area contributed by atoms with E-state index < -0.39 is 27.4 Å². The Morgan fingerprint density at radius 3 is 2.67 bits per heavy atom. The Morgan fingerprint density at radius 2 is 2.04 bits per heavy atom. The van der Waals surface area contributed by atoms with E-state index in [1.165, 1.54) is 11.8 Å². The molecule has 0 bridgehead atoms. The fourth-order valence-corrected chi connectivity index (χ4v) is 5.25. The standard InChI is InChI=1S/C16H20N2O5S/c1-11(19)18-9-14(23-13-6-4-3-5-12(13)18)15(20)17-16(2)7-8-24(21,22)10-16/h3-6,14H,7-10H2,1-2H3,(H,17,20)/t14-,16+/m1/s1. The van der Waals surface area contributed by atoms with E-state index in [4.69, 9.17) is 4.74 Å². The first kappa shape index (κ1) is 16.8. The third kappa shape index (κ3) is 3.24. The number of hydrogen-bond donors (Lipinski definition) is 1. The minimum absolute atomic E-state index is 0.0672. The number of anilines is 1. The number of ether oxygens (including phenoxy) is 1. The summed E-state index contributed by atoms with van der Waals surface area (Å²) in [5.41, 5.74) is -0.166. The maximum absolute atomic E-state index is 12.6. The highest BCUT2D eigenvalue weighted by Crippen LogP contribution is 2.33. The number of fused-ring (bicyclic) bond motifs is 1. The van der Waals surface area contributed by atoms with Gasteiger partial charge in [0.2, 0.25) is 5.91 Å². The van der Waals surface area contributed by atoms with E-state index in [1.54, 1.807) is 31.2 Å². The zero-order chi connectivity index (χ0) is 17.5. The van der Waals surface area contributed by atoms with Gasteiger partial charge in [0.15, 0.2) is 15.9 Å². The van der Waals surface area contributed by atoms with E-state index in [-0.39, 0.29) is 24.0 Å². The molecule has 2 heterocycles. The Morgan fingerprint density at radius 1 is 1.33 bits per heavy atom. The normalized spacial score (nSPS) is 27.9. The van der Waals surface area contributed by atoms with Crippen molar-refractivity contribution in [1.29, 1.82) is 0 Å². The molecule has 2 amide bonds. The van der Waals surface area contributed by atoms with Crippen LogP contribution in [0.3, 0.4) is 0 Å². The summed E-state index contributed by atoms with van der Waals surface area (Å²) >= 11 is 0. The molecule has 7 nitrogen and oxygen atoms in total. The maximum atomic E-state index is 12.6. The number of carbonyl (C=O) groups is 2. The molecule has 0 saturated carbocycles. The van der Waals surface area contributed by atoms with E-state index in [1.807, 2.05) is 0 Å². The van der Waals surface area contributed by atoms with Crippen molar-refractivity contribution >= 4 is 27.3 Å². The molecular weight excluding hydrogens is 332 g/mol. The van der Waals surface area contributed by atoms with E-state index in [9.17, 15) is 18.0 Å². The van der Waals surface area contributed by atoms with Crippen LogP contribution in [0.4, 0.5) is 5.69 Å². The molecule has 0 spiro atoms. The summed E-state index contributed by atoms with van der Waals surface area (Å²) in [5, 5.41) is 2.79. The van der Waals surface area contributed by atoms with E-state index >= 15 is 0 Å². The van der Waals surface area contributed by atoms with Gasteiger partial charge < -0.3 is 15.0 Å². The second kappa shape index (κ2) is 5.77. The maximum Gasteiger partial charge on any atom is 0.263 e. The van der Waals surface area contributed by atoms with Crippen LogP contribution in [0.2, 0.25) is 0 Å². The molecule has 3 rings (SSSR count). The average molecular weight is 352 g/mol. The first-order valence-corrected chi connectivity index (χ1v) is 9.57. The minimum atomic E-state index is -3.12. The summed E-state index contributed by atoms with van der Waals surface area (Å²) in [6.07, 6.45) is -0.496. The van der Waals surface area contributed by atoms with Crippen LogP contribution in [0.1, 0.15) is 20.3 Å². The molecule has 0 unspecified atom stereocenters. The molecule has 2 atom stereocenters. The number of rotatable bonds is 2. The molecule has 1 aromatic rings. The van der Waals surface area contributed by atoms with Gasteiger partial charge in [0.1, 0.15) is 5.75 Å². The molecule has 2 aliphatic heterocycles. The van der Waals surface area contributed by atoms with Gasteiger partial charge in [-0.15, -0.1) is 0 Å². The zero-order valence-electron chi connectivity index (χ0n) is 13.6. The highest BCUT2D eigenvalue weighted by Gasteiger charge is 2.42. The molecule has 1 aromatic carbocycles. The number of benzene rings is 1. The number of para-hydroxylation sites is 2. The SMILES string of the molecule is CC(=O)N1C[C@H](C(=O)N[C@@]2(C)CCS(=O)(=O)C2)Oc2ccccc21. The first-order valence-electron chi connectivity index (χ1n) is 7.75. The third-order valence-corrected chi connectivity index (χ3v) is 6.28. The van der Waals surface area contributed by atoms with Crippen LogP contribution in [0.25, 0.3) is 0 Å². The number of sulfone groups is 1. The summed E-state index contributed by atoms with van der Waals surface area (Å²) in [5.74, 6) is -0.139. The van der Waals surface area contributed by atoms with Crippen molar-refractivity contribution < 1.29 is 22.7 Å². The highest BCUT2D eigenvalue weighted by molar-refractivity contribution is 7.91. The zero-order valence-corrected chi connectivity index (χ0v) is 14.4. The lowest BCUT2D eigenvalue weighted by atomic mass is 10.0. The van der Waals surface area contributed by atoms with Crippen LogP contribution in [0.15, 0.2) is 24.3 Å². The predicted molar refractivity (Wildman–Crippen MR) is 88.7 cm³/mol. The number of amides is 2. The quantitative estimate of drug-likeness (QED) is 0.836. The van der Waals surface area contributed by atoms with Crippen LogP contribution in [-0.4, -0.2) is 49.9 Å². The summed E-state index contributed by atoms with van der Waals surface area (Å²) in [6, 6.07) is 7.02. The van der Waals surface area contributed by atoms with Crippen molar-refractivity contribution in [3.63, 3.8) is 0 Å². The van der Waals surface area contributed by atoms with Crippen LogP contribution >= 0.6 is 0 Å². The van der Waals surface area contributed by atoms with Crippen molar-refractivity contribution in [3.8, 4) is 5.75 Å². The van der Waals surface area contributed by atoms with Gasteiger partial charge >= 0.3 is 0 Å². The molecule has 0 radical (unpaired) electrons. The fraction of sp³-hybridized carbons (Fsp3) is 0.500. The van der Waals surface area contributed by atoms with Gasteiger partial charge in [-0.05, 0) is 25.5 Å². The van der Waals surface area contributed by atoms with Crippen molar-refractivity contribution in [2.75, 3.05) is 23.0 Å². The Balaban J connectivity index is 1.78. The average Bonchev–Trinajstić information content (AvgIpc) is 2.79.